The highest BCUT2D eigenvalue weighted by molar-refractivity contribution is 5.74. The second-order valence-corrected chi connectivity index (χ2v) is 4.26. The molecular formula is C13H16O3. The van der Waals surface area contributed by atoms with E-state index in [1.165, 1.54) is 25.5 Å². The molecule has 86 valence electrons. The molecule has 0 spiro atoms. The average molecular weight is 220 g/mol. The van der Waals surface area contributed by atoms with Gasteiger partial charge in [-0.25, -0.2) is 4.79 Å². The standard InChI is InChI=1S/C13H16O3/c1-16-13(15)12(14)8-9-3-2-4-11(7-9)10-5-6-10/h2-4,7,10,12,14H,5-6,8H2,1H3. The van der Waals surface area contributed by atoms with Gasteiger partial charge in [-0.1, -0.05) is 24.3 Å². The van der Waals surface area contributed by atoms with Gasteiger partial charge in [0.25, 0.3) is 0 Å². The number of benzene rings is 1. The van der Waals surface area contributed by atoms with E-state index in [2.05, 4.69) is 16.9 Å². The van der Waals surface area contributed by atoms with Gasteiger partial charge in [0.05, 0.1) is 7.11 Å². The number of hydrogen-bond donors (Lipinski definition) is 1. The maximum atomic E-state index is 11.1. The summed E-state index contributed by atoms with van der Waals surface area (Å²) >= 11 is 0. The zero-order valence-electron chi connectivity index (χ0n) is 9.35. The Morgan fingerprint density at radius 3 is 2.94 bits per heavy atom. The fourth-order valence-electron chi connectivity index (χ4n) is 1.83. The Kier molecular flexibility index (Phi) is 3.25. The van der Waals surface area contributed by atoms with Crippen molar-refractivity contribution in [2.75, 3.05) is 7.11 Å². The lowest BCUT2D eigenvalue weighted by Crippen LogP contribution is -2.24. The molecule has 0 bridgehead atoms. The van der Waals surface area contributed by atoms with Crippen LogP contribution < -0.4 is 0 Å². The number of carbonyl (C=O) groups is 1. The third kappa shape index (κ3) is 2.61. The van der Waals surface area contributed by atoms with Gasteiger partial charge in [-0.05, 0) is 29.9 Å². The number of hydrogen-bond acceptors (Lipinski definition) is 3. The Hall–Kier alpha value is -1.35. The molecule has 0 aromatic heterocycles. The Labute approximate surface area is 95.0 Å². The molecule has 1 aromatic carbocycles. The number of rotatable bonds is 4. The molecule has 3 heteroatoms. The van der Waals surface area contributed by atoms with E-state index in [9.17, 15) is 9.90 Å². The van der Waals surface area contributed by atoms with Gasteiger partial charge < -0.3 is 9.84 Å². The first-order valence-corrected chi connectivity index (χ1v) is 5.55. The molecule has 1 aliphatic rings. The minimum Gasteiger partial charge on any atom is -0.467 e. The summed E-state index contributed by atoms with van der Waals surface area (Å²) in [5.74, 6) is 0.118. The molecule has 0 heterocycles. The molecule has 0 aliphatic heterocycles. The SMILES string of the molecule is COC(=O)C(O)Cc1cccc(C2CC2)c1. The third-order valence-corrected chi connectivity index (χ3v) is 2.90. The van der Waals surface area contributed by atoms with Crippen molar-refractivity contribution in [2.24, 2.45) is 0 Å². The summed E-state index contributed by atoms with van der Waals surface area (Å²) in [6, 6.07) is 8.08. The number of esters is 1. The van der Waals surface area contributed by atoms with Gasteiger partial charge in [-0.15, -0.1) is 0 Å². The van der Waals surface area contributed by atoms with Crippen LogP contribution in [0.2, 0.25) is 0 Å². The Morgan fingerprint density at radius 2 is 2.31 bits per heavy atom. The second kappa shape index (κ2) is 4.66. The molecule has 0 saturated heterocycles. The van der Waals surface area contributed by atoms with Gasteiger partial charge in [0, 0.05) is 6.42 Å². The molecule has 0 amide bonds. The normalized spacial score (nSPS) is 16.9. The molecule has 1 fully saturated rings. The van der Waals surface area contributed by atoms with Crippen LogP contribution in [-0.2, 0) is 16.0 Å². The quantitative estimate of drug-likeness (QED) is 0.785. The summed E-state index contributed by atoms with van der Waals surface area (Å²) in [6.45, 7) is 0. The predicted molar refractivity (Wildman–Crippen MR) is 60.1 cm³/mol. The summed E-state index contributed by atoms with van der Waals surface area (Å²) < 4.78 is 4.49. The van der Waals surface area contributed by atoms with Gasteiger partial charge in [0.1, 0.15) is 0 Å². The largest absolute Gasteiger partial charge is 0.467 e. The first-order chi connectivity index (χ1) is 7.70. The lowest BCUT2D eigenvalue weighted by atomic mass is 10.0. The van der Waals surface area contributed by atoms with Crippen LogP contribution in [-0.4, -0.2) is 24.3 Å². The van der Waals surface area contributed by atoms with Gasteiger partial charge in [0.15, 0.2) is 6.10 Å². The fraction of sp³-hybridized carbons (Fsp3) is 0.462. The highest BCUT2D eigenvalue weighted by atomic mass is 16.5. The predicted octanol–water partition coefficient (Wildman–Crippen LogP) is 1.64. The molecule has 2 rings (SSSR count). The van der Waals surface area contributed by atoms with Crippen LogP contribution in [0, 0.1) is 0 Å². The smallest absolute Gasteiger partial charge is 0.335 e. The highest BCUT2D eigenvalue weighted by Gasteiger charge is 2.24. The molecule has 1 unspecified atom stereocenters. The molecule has 1 aliphatic carbocycles. The lowest BCUT2D eigenvalue weighted by molar-refractivity contribution is -0.150. The molecule has 1 aromatic rings. The molecule has 1 N–H and O–H groups in total. The van der Waals surface area contributed by atoms with Crippen molar-refractivity contribution in [3.05, 3.63) is 35.4 Å². The average Bonchev–Trinajstić information content (AvgIpc) is 3.12. The fourth-order valence-corrected chi connectivity index (χ4v) is 1.83. The number of carbonyl (C=O) groups excluding carboxylic acids is 1. The van der Waals surface area contributed by atoms with E-state index in [-0.39, 0.29) is 0 Å². The van der Waals surface area contributed by atoms with E-state index in [0.717, 1.165) is 5.56 Å². The summed E-state index contributed by atoms with van der Waals surface area (Å²) in [4.78, 5) is 11.1. The van der Waals surface area contributed by atoms with Gasteiger partial charge in [-0.3, -0.25) is 0 Å². The minimum absolute atomic E-state index is 0.327. The molecule has 1 saturated carbocycles. The first kappa shape index (κ1) is 11.1. The minimum atomic E-state index is -1.06. The molecule has 16 heavy (non-hydrogen) atoms. The summed E-state index contributed by atoms with van der Waals surface area (Å²) in [5, 5.41) is 9.54. The van der Waals surface area contributed by atoms with Crippen molar-refractivity contribution in [2.45, 2.75) is 31.3 Å². The van der Waals surface area contributed by atoms with Crippen LogP contribution >= 0.6 is 0 Å². The van der Waals surface area contributed by atoms with Crippen molar-refractivity contribution in [1.29, 1.82) is 0 Å². The van der Waals surface area contributed by atoms with Crippen molar-refractivity contribution >= 4 is 5.97 Å². The number of aliphatic hydroxyl groups excluding tert-OH is 1. The van der Waals surface area contributed by atoms with Crippen molar-refractivity contribution < 1.29 is 14.6 Å². The zero-order valence-corrected chi connectivity index (χ0v) is 9.35. The van der Waals surface area contributed by atoms with E-state index < -0.39 is 12.1 Å². The summed E-state index contributed by atoms with van der Waals surface area (Å²) in [5.41, 5.74) is 2.30. The Balaban J connectivity index is 2.03. The van der Waals surface area contributed by atoms with Crippen LogP contribution in [0.4, 0.5) is 0 Å². The first-order valence-electron chi connectivity index (χ1n) is 5.55. The highest BCUT2D eigenvalue weighted by Crippen LogP contribution is 2.40. The van der Waals surface area contributed by atoms with Crippen molar-refractivity contribution in [3.8, 4) is 0 Å². The topological polar surface area (TPSA) is 46.5 Å². The van der Waals surface area contributed by atoms with Crippen molar-refractivity contribution in [3.63, 3.8) is 0 Å². The van der Waals surface area contributed by atoms with Gasteiger partial charge >= 0.3 is 5.97 Å². The maximum absolute atomic E-state index is 11.1. The molecular weight excluding hydrogens is 204 g/mol. The van der Waals surface area contributed by atoms with Crippen LogP contribution in [0.1, 0.15) is 29.9 Å². The third-order valence-electron chi connectivity index (χ3n) is 2.90. The monoisotopic (exact) mass is 220 g/mol. The summed E-state index contributed by atoms with van der Waals surface area (Å²) in [7, 11) is 1.28. The number of ether oxygens (including phenoxy) is 1. The Bertz CT molecular complexity index is 383. The maximum Gasteiger partial charge on any atom is 0.335 e. The van der Waals surface area contributed by atoms with Gasteiger partial charge in [-0.2, -0.15) is 0 Å². The van der Waals surface area contributed by atoms with E-state index in [4.69, 9.17) is 0 Å². The van der Waals surface area contributed by atoms with Crippen molar-refractivity contribution in [1.82, 2.24) is 0 Å². The number of aliphatic hydroxyl groups is 1. The van der Waals surface area contributed by atoms with Crippen LogP contribution in [0.5, 0.6) is 0 Å². The second-order valence-electron chi connectivity index (χ2n) is 4.26. The lowest BCUT2D eigenvalue weighted by Gasteiger charge is -2.09. The van der Waals surface area contributed by atoms with E-state index in [1.54, 1.807) is 0 Å². The number of methoxy groups -OCH3 is 1. The van der Waals surface area contributed by atoms with E-state index in [1.807, 2.05) is 12.1 Å². The molecule has 1 atom stereocenters. The van der Waals surface area contributed by atoms with Crippen LogP contribution in [0.25, 0.3) is 0 Å². The van der Waals surface area contributed by atoms with E-state index >= 15 is 0 Å². The van der Waals surface area contributed by atoms with E-state index in [0.29, 0.717) is 12.3 Å². The molecule has 0 radical (unpaired) electrons. The van der Waals surface area contributed by atoms with Gasteiger partial charge in [0.2, 0.25) is 0 Å². The molecule has 3 nitrogen and oxygen atoms in total. The van der Waals surface area contributed by atoms with Crippen LogP contribution in [0.15, 0.2) is 24.3 Å². The van der Waals surface area contributed by atoms with Crippen LogP contribution in [0.3, 0.4) is 0 Å². The Morgan fingerprint density at radius 1 is 1.56 bits per heavy atom. The summed E-state index contributed by atoms with van der Waals surface area (Å²) in [6.07, 6.45) is 1.78. The zero-order chi connectivity index (χ0) is 11.5.